The fraction of sp³-hybridized carbons (Fsp3) is 0.273. The highest BCUT2D eigenvalue weighted by Gasteiger charge is 2.28. The van der Waals surface area contributed by atoms with Crippen LogP contribution < -0.4 is 0 Å². The van der Waals surface area contributed by atoms with Gasteiger partial charge in [0, 0.05) is 24.5 Å². The summed E-state index contributed by atoms with van der Waals surface area (Å²) >= 11 is 0. The molecule has 1 unspecified atom stereocenters. The van der Waals surface area contributed by atoms with Crippen LogP contribution in [0.3, 0.4) is 0 Å². The number of benzene rings is 2. The summed E-state index contributed by atoms with van der Waals surface area (Å²) in [5.41, 5.74) is 1.99. The van der Waals surface area contributed by atoms with Gasteiger partial charge in [0.15, 0.2) is 0 Å². The molecule has 0 spiro atoms. The van der Waals surface area contributed by atoms with Gasteiger partial charge in [-0.3, -0.25) is 4.79 Å². The molecule has 3 aromatic rings. The molecule has 4 rings (SSSR count). The molecule has 1 fully saturated rings. The summed E-state index contributed by atoms with van der Waals surface area (Å²) in [5.74, 6) is 0.608. The number of carbonyl (C=O) groups is 1. The van der Waals surface area contributed by atoms with E-state index in [0.717, 1.165) is 42.8 Å². The van der Waals surface area contributed by atoms with Crippen molar-refractivity contribution in [3.63, 3.8) is 0 Å². The van der Waals surface area contributed by atoms with E-state index in [1.807, 2.05) is 46.0 Å². The van der Waals surface area contributed by atoms with Crippen molar-refractivity contribution < 1.29 is 9.18 Å². The number of carbonyl (C=O) groups excluding carboxylic acids is 1. The molecule has 2 aromatic carbocycles. The van der Waals surface area contributed by atoms with Crippen molar-refractivity contribution in [2.75, 3.05) is 6.54 Å². The Kier molecular flexibility index (Phi) is 5.01. The number of piperidine rings is 1. The summed E-state index contributed by atoms with van der Waals surface area (Å²) in [6, 6.07) is 16.4. The molecule has 0 bridgehead atoms. The Morgan fingerprint density at radius 2 is 1.85 bits per heavy atom. The van der Waals surface area contributed by atoms with E-state index in [1.54, 1.807) is 18.3 Å². The van der Waals surface area contributed by atoms with Gasteiger partial charge in [0.05, 0.1) is 6.04 Å². The molecule has 1 aliphatic heterocycles. The third kappa shape index (κ3) is 3.77. The number of hydrogen-bond donors (Lipinski definition) is 0. The smallest absolute Gasteiger partial charge is 0.243 e. The van der Waals surface area contributed by atoms with Crippen LogP contribution in [0.1, 0.15) is 30.9 Å². The van der Waals surface area contributed by atoms with Gasteiger partial charge in [-0.2, -0.15) is 0 Å². The second-order valence-corrected chi connectivity index (χ2v) is 6.90. The van der Waals surface area contributed by atoms with Gasteiger partial charge in [0.1, 0.15) is 18.2 Å². The molecule has 1 aromatic heterocycles. The number of rotatable bonds is 4. The summed E-state index contributed by atoms with van der Waals surface area (Å²) < 4.78 is 15.2. The van der Waals surface area contributed by atoms with Crippen molar-refractivity contribution in [1.82, 2.24) is 14.5 Å². The molecule has 0 aliphatic carbocycles. The van der Waals surface area contributed by atoms with Crippen molar-refractivity contribution in [3.05, 3.63) is 78.4 Å². The van der Waals surface area contributed by atoms with Crippen LogP contribution in [0.25, 0.3) is 11.4 Å². The maximum atomic E-state index is 13.3. The number of aromatic nitrogens is 2. The maximum absolute atomic E-state index is 13.3. The second kappa shape index (κ2) is 7.74. The molecule has 1 saturated heterocycles. The van der Waals surface area contributed by atoms with Gasteiger partial charge in [-0.1, -0.05) is 42.5 Å². The zero-order chi connectivity index (χ0) is 18.6. The monoisotopic (exact) mass is 363 g/mol. The normalized spacial score (nSPS) is 17.1. The van der Waals surface area contributed by atoms with E-state index < -0.39 is 0 Å². The molecular weight excluding hydrogens is 341 g/mol. The molecule has 1 amide bonds. The summed E-state index contributed by atoms with van der Waals surface area (Å²) in [7, 11) is 0. The van der Waals surface area contributed by atoms with E-state index in [9.17, 15) is 9.18 Å². The Morgan fingerprint density at radius 3 is 2.63 bits per heavy atom. The number of amides is 1. The van der Waals surface area contributed by atoms with E-state index in [1.165, 1.54) is 12.1 Å². The van der Waals surface area contributed by atoms with E-state index in [-0.39, 0.29) is 24.3 Å². The number of halogens is 1. The molecule has 4 nitrogen and oxygen atoms in total. The van der Waals surface area contributed by atoms with Crippen molar-refractivity contribution >= 4 is 5.91 Å². The Bertz CT molecular complexity index is 905. The molecule has 0 saturated carbocycles. The van der Waals surface area contributed by atoms with Crippen LogP contribution in [0, 0.1) is 5.82 Å². The summed E-state index contributed by atoms with van der Waals surface area (Å²) in [4.78, 5) is 19.5. The predicted octanol–water partition coefficient (Wildman–Crippen LogP) is 4.44. The van der Waals surface area contributed by atoms with E-state index in [4.69, 9.17) is 0 Å². The first-order valence-corrected chi connectivity index (χ1v) is 9.34. The quantitative estimate of drug-likeness (QED) is 0.687. The third-order valence-corrected chi connectivity index (χ3v) is 5.13. The zero-order valence-electron chi connectivity index (χ0n) is 15.1. The van der Waals surface area contributed by atoms with Crippen LogP contribution in [0.5, 0.6) is 0 Å². The van der Waals surface area contributed by atoms with Crippen LogP contribution in [-0.4, -0.2) is 26.9 Å². The van der Waals surface area contributed by atoms with Crippen LogP contribution in [0.2, 0.25) is 0 Å². The topological polar surface area (TPSA) is 38.1 Å². The molecule has 27 heavy (non-hydrogen) atoms. The summed E-state index contributed by atoms with van der Waals surface area (Å²) in [6.45, 7) is 0.984. The van der Waals surface area contributed by atoms with Crippen LogP contribution in [0.15, 0.2) is 67.0 Å². The molecule has 0 N–H and O–H groups in total. The average Bonchev–Trinajstić information content (AvgIpc) is 3.17. The SMILES string of the molecule is O=C(Cn1ccnc1-c1ccccc1)N1CCCCC1c1ccc(F)cc1. The highest BCUT2D eigenvalue weighted by atomic mass is 19.1. The average molecular weight is 363 g/mol. The zero-order valence-corrected chi connectivity index (χ0v) is 15.1. The number of hydrogen-bond acceptors (Lipinski definition) is 2. The standard InChI is InChI=1S/C22H22FN3O/c23-19-11-9-17(10-12-19)20-8-4-5-14-26(20)21(27)16-25-15-13-24-22(25)18-6-2-1-3-7-18/h1-3,6-7,9-13,15,20H,4-5,8,14,16H2. The van der Waals surface area contributed by atoms with Gasteiger partial charge in [-0.25, -0.2) is 9.37 Å². The van der Waals surface area contributed by atoms with Crippen LogP contribution in [-0.2, 0) is 11.3 Å². The molecule has 138 valence electrons. The van der Waals surface area contributed by atoms with Crippen molar-refractivity contribution in [2.45, 2.75) is 31.8 Å². The van der Waals surface area contributed by atoms with E-state index in [0.29, 0.717) is 0 Å². The highest BCUT2D eigenvalue weighted by Crippen LogP contribution is 2.31. The number of likely N-dealkylation sites (tertiary alicyclic amines) is 1. The fourth-order valence-corrected chi connectivity index (χ4v) is 3.78. The lowest BCUT2D eigenvalue weighted by molar-refractivity contribution is -0.135. The highest BCUT2D eigenvalue weighted by molar-refractivity contribution is 5.77. The predicted molar refractivity (Wildman–Crippen MR) is 102 cm³/mol. The van der Waals surface area contributed by atoms with Gasteiger partial charge in [0.2, 0.25) is 5.91 Å². The lowest BCUT2D eigenvalue weighted by atomic mass is 9.95. The van der Waals surface area contributed by atoms with Gasteiger partial charge in [-0.15, -0.1) is 0 Å². The van der Waals surface area contributed by atoms with Crippen molar-refractivity contribution in [1.29, 1.82) is 0 Å². The fourth-order valence-electron chi connectivity index (χ4n) is 3.78. The second-order valence-electron chi connectivity index (χ2n) is 6.90. The minimum Gasteiger partial charge on any atom is -0.334 e. The molecular formula is C22H22FN3O. The van der Waals surface area contributed by atoms with Gasteiger partial charge < -0.3 is 9.47 Å². The maximum Gasteiger partial charge on any atom is 0.243 e. The summed E-state index contributed by atoms with van der Waals surface area (Å²) in [6.07, 6.45) is 6.55. The van der Waals surface area contributed by atoms with Gasteiger partial charge in [-0.05, 0) is 37.0 Å². The van der Waals surface area contributed by atoms with Crippen molar-refractivity contribution in [3.8, 4) is 11.4 Å². The number of imidazole rings is 1. The van der Waals surface area contributed by atoms with E-state index >= 15 is 0 Å². The third-order valence-electron chi connectivity index (χ3n) is 5.13. The lowest BCUT2D eigenvalue weighted by Crippen LogP contribution is -2.40. The van der Waals surface area contributed by atoms with Crippen LogP contribution >= 0.6 is 0 Å². The molecule has 5 heteroatoms. The minimum atomic E-state index is -0.252. The van der Waals surface area contributed by atoms with Crippen molar-refractivity contribution in [2.24, 2.45) is 0 Å². The molecule has 1 aliphatic rings. The molecule has 2 heterocycles. The molecule has 1 atom stereocenters. The van der Waals surface area contributed by atoms with Gasteiger partial charge >= 0.3 is 0 Å². The first kappa shape index (κ1) is 17.5. The Morgan fingerprint density at radius 1 is 1.07 bits per heavy atom. The first-order valence-electron chi connectivity index (χ1n) is 9.34. The Labute approximate surface area is 158 Å². The minimum absolute atomic E-state index is 0.00977. The Balaban J connectivity index is 1.55. The Hall–Kier alpha value is -2.95. The summed E-state index contributed by atoms with van der Waals surface area (Å²) in [5, 5.41) is 0. The van der Waals surface area contributed by atoms with Crippen LogP contribution in [0.4, 0.5) is 4.39 Å². The largest absolute Gasteiger partial charge is 0.334 e. The lowest BCUT2D eigenvalue weighted by Gasteiger charge is -2.36. The first-order chi connectivity index (χ1) is 13.2. The van der Waals surface area contributed by atoms with Gasteiger partial charge in [0.25, 0.3) is 0 Å². The molecule has 0 radical (unpaired) electrons. The number of nitrogens with zero attached hydrogens (tertiary/aromatic N) is 3. The van der Waals surface area contributed by atoms with E-state index in [2.05, 4.69) is 4.98 Å².